The van der Waals surface area contributed by atoms with E-state index in [1.165, 1.54) is 30.0 Å². The van der Waals surface area contributed by atoms with Crippen LogP contribution >= 0.6 is 0 Å². The standard InChI is InChI=1S/C27H23N5/c1-17-23-15-30(16-24(17)23)22-6-7-25-21(10-22)14-31-13-20(19-4-2-18(12-28)3-5-19)11-26(31)27-29-8-9-32(25)27/h2-11,13,17,23-24H,14-16H2,1H3/t17-,23-,24+. The number of hydrogen-bond acceptors (Lipinski definition) is 3. The van der Waals surface area contributed by atoms with E-state index in [9.17, 15) is 0 Å². The van der Waals surface area contributed by atoms with Gasteiger partial charge in [-0.15, -0.1) is 0 Å². The van der Waals surface area contributed by atoms with Gasteiger partial charge in [0.05, 0.1) is 23.0 Å². The Labute approximate surface area is 187 Å². The van der Waals surface area contributed by atoms with Crippen molar-refractivity contribution in [3.63, 3.8) is 0 Å². The molecule has 5 nitrogen and oxygen atoms in total. The van der Waals surface area contributed by atoms with Gasteiger partial charge in [0.1, 0.15) is 0 Å². The summed E-state index contributed by atoms with van der Waals surface area (Å²) in [7, 11) is 0. The van der Waals surface area contributed by atoms with Crippen LogP contribution in [0.3, 0.4) is 0 Å². The topological polar surface area (TPSA) is 49.8 Å². The summed E-state index contributed by atoms with van der Waals surface area (Å²) < 4.78 is 4.52. The monoisotopic (exact) mass is 417 g/mol. The molecule has 156 valence electrons. The predicted molar refractivity (Wildman–Crippen MR) is 125 cm³/mol. The Kier molecular flexibility index (Phi) is 3.55. The summed E-state index contributed by atoms with van der Waals surface area (Å²) in [5.74, 6) is 3.65. The van der Waals surface area contributed by atoms with Crippen LogP contribution in [0.1, 0.15) is 18.1 Å². The third-order valence-electron chi connectivity index (χ3n) is 7.76. The summed E-state index contributed by atoms with van der Waals surface area (Å²) in [6.07, 6.45) is 6.15. The van der Waals surface area contributed by atoms with E-state index in [-0.39, 0.29) is 0 Å². The quantitative estimate of drug-likeness (QED) is 0.409. The number of nitriles is 1. The minimum Gasteiger partial charge on any atom is -0.371 e. The van der Waals surface area contributed by atoms with E-state index in [0.29, 0.717) is 5.56 Å². The maximum absolute atomic E-state index is 9.10. The van der Waals surface area contributed by atoms with Gasteiger partial charge in [0.15, 0.2) is 5.82 Å². The molecule has 4 aromatic rings. The lowest BCUT2D eigenvalue weighted by Gasteiger charge is -2.23. The van der Waals surface area contributed by atoms with Gasteiger partial charge in [-0.2, -0.15) is 5.26 Å². The van der Waals surface area contributed by atoms with E-state index in [2.05, 4.69) is 63.7 Å². The highest BCUT2D eigenvalue weighted by Crippen LogP contribution is 2.52. The van der Waals surface area contributed by atoms with Crippen LogP contribution in [-0.4, -0.2) is 27.2 Å². The molecule has 2 aromatic carbocycles. The van der Waals surface area contributed by atoms with Crippen LogP contribution in [0, 0.1) is 29.1 Å². The number of nitrogens with zero attached hydrogens (tertiary/aromatic N) is 5. The average molecular weight is 418 g/mol. The molecule has 0 amide bonds. The molecule has 0 radical (unpaired) electrons. The molecule has 1 saturated carbocycles. The van der Waals surface area contributed by atoms with Crippen LogP contribution in [0.15, 0.2) is 67.1 Å². The Morgan fingerprint density at radius 1 is 1.00 bits per heavy atom. The van der Waals surface area contributed by atoms with Crippen molar-refractivity contribution in [3.8, 4) is 34.4 Å². The van der Waals surface area contributed by atoms with E-state index in [4.69, 9.17) is 10.2 Å². The van der Waals surface area contributed by atoms with Crippen molar-refractivity contribution in [2.45, 2.75) is 13.5 Å². The molecule has 0 N–H and O–H groups in total. The molecule has 0 unspecified atom stereocenters. The first kappa shape index (κ1) is 17.9. The van der Waals surface area contributed by atoms with Crippen molar-refractivity contribution >= 4 is 5.69 Å². The lowest BCUT2D eigenvalue weighted by atomic mass is 10.1. The fraction of sp³-hybridized carbons (Fsp3) is 0.259. The Morgan fingerprint density at radius 2 is 1.81 bits per heavy atom. The molecule has 2 aromatic heterocycles. The van der Waals surface area contributed by atoms with Crippen molar-refractivity contribution < 1.29 is 0 Å². The largest absolute Gasteiger partial charge is 0.371 e. The SMILES string of the molecule is C[C@@H]1[C@H]2CN(c3ccc4c(c3)Cn3cc(-c5ccc(C#N)cc5)cc3-c3nccn3-4)C[C@@H]12. The van der Waals surface area contributed by atoms with E-state index >= 15 is 0 Å². The maximum atomic E-state index is 9.10. The summed E-state index contributed by atoms with van der Waals surface area (Å²) >= 11 is 0. The zero-order valence-electron chi connectivity index (χ0n) is 17.9. The van der Waals surface area contributed by atoms with Gasteiger partial charge in [-0.3, -0.25) is 4.57 Å². The maximum Gasteiger partial charge on any atom is 0.161 e. The van der Waals surface area contributed by atoms with Gasteiger partial charge in [0.25, 0.3) is 0 Å². The van der Waals surface area contributed by atoms with Gasteiger partial charge < -0.3 is 9.47 Å². The summed E-state index contributed by atoms with van der Waals surface area (Å²) in [4.78, 5) is 7.27. The minimum atomic E-state index is 0.681. The minimum absolute atomic E-state index is 0.681. The second kappa shape index (κ2) is 6.37. The number of piperidine rings is 1. The number of hydrogen-bond donors (Lipinski definition) is 0. The molecule has 3 aliphatic rings. The van der Waals surface area contributed by atoms with Crippen LogP contribution in [0.5, 0.6) is 0 Å². The second-order valence-electron chi connectivity index (χ2n) is 9.46. The lowest BCUT2D eigenvalue weighted by molar-refractivity contribution is 0.689. The predicted octanol–water partition coefficient (Wildman–Crippen LogP) is 4.94. The lowest BCUT2D eigenvalue weighted by Crippen LogP contribution is -2.23. The molecule has 0 bridgehead atoms. The molecule has 0 spiro atoms. The highest BCUT2D eigenvalue weighted by molar-refractivity contribution is 5.72. The Balaban J connectivity index is 1.30. The van der Waals surface area contributed by atoms with Gasteiger partial charge in [-0.05, 0) is 65.3 Å². The van der Waals surface area contributed by atoms with Crippen molar-refractivity contribution in [1.29, 1.82) is 5.26 Å². The van der Waals surface area contributed by atoms with E-state index < -0.39 is 0 Å². The van der Waals surface area contributed by atoms with Crippen LogP contribution in [0.4, 0.5) is 5.69 Å². The number of benzene rings is 2. The summed E-state index contributed by atoms with van der Waals surface area (Å²) in [5.41, 5.74) is 7.92. The number of anilines is 1. The highest BCUT2D eigenvalue weighted by atomic mass is 15.2. The number of aromatic nitrogens is 3. The first-order valence-electron chi connectivity index (χ1n) is 11.3. The molecule has 7 rings (SSSR count). The molecule has 1 saturated heterocycles. The molecule has 32 heavy (non-hydrogen) atoms. The smallest absolute Gasteiger partial charge is 0.161 e. The fourth-order valence-corrected chi connectivity index (χ4v) is 5.76. The first-order chi connectivity index (χ1) is 15.7. The van der Waals surface area contributed by atoms with Gasteiger partial charge in [-0.1, -0.05) is 19.1 Å². The van der Waals surface area contributed by atoms with Crippen LogP contribution in [-0.2, 0) is 6.54 Å². The molecular weight excluding hydrogens is 394 g/mol. The van der Waals surface area contributed by atoms with Crippen molar-refractivity contribution in [2.75, 3.05) is 18.0 Å². The van der Waals surface area contributed by atoms with Gasteiger partial charge in [-0.25, -0.2) is 4.98 Å². The third-order valence-corrected chi connectivity index (χ3v) is 7.76. The zero-order valence-corrected chi connectivity index (χ0v) is 17.9. The summed E-state index contributed by atoms with van der Waals surface area (Å²) in [5, 5.41) is 9.10. The Morgan fingerprint density at radius 3 is 2.59 bits per heavy atom. The van der Waals surface area contributed by atoms with Crippen LogP contribution < -0.4 is 4.90 Å². The third kappa shape index (κ3) is 2.53. The van der Waals surface area contributed by atoms with Gasteiger partial charge >= 0.3 is 0 Å². The van der Waals surface area contributed by atoms with E-state index in [1.807, 2.05) is 30.5 Å². The average Bonchev–Trinajstić information content (AvgIpc) is 3.32. The van der Waals surface area contributed by atoms with Crippen LogP contribution in [0.25, 0.3) is 28.3 Å². The Bertz CT molecular complexity index is 1390. The summed E-state index contributed by atoms with van der Waals surface area (Å²) in [6.45, 7) is 5.59. The molecule has 1 aliphatic carbocycles. The Hall–Kier alpha value is -3.78. The van der Waals surface area contributed by atoms with Gasteiger partial charge in [0.2, 0.25) is 0 Å². The van der Waals surface area contributed by atoms with Crippen molar-refractivity contribution in [3.05, 3.63) is 78.2 Å². The van der Waals surface area contributed by atoms with Crippen molar-refractivity contribution in [2.24, 2.45) is 17.8 Å². The number of fused-ring (bicyclic) bond motifs is 6. The highest BCUT2D eigenvalue weighted by Gasteiger charge is 2.52. The number of rotatable bonds is 2. The molecule has 2 fully saturated rings. The molecule has 3 atom stereocenters. The van der Waals surface area contributed by atoms with E-state index in [0.717, 1.165) is 46.9 Å². The fourth-order valence-electron chi connectivity index (χ4n) is 5.76. The first-order valence-corrected chi connectivity index (χ1v) is 11.3. The van der Waals surface area contributed by atoms with E-state index in [1.54, 1.807) is 0 Å². The van der Waals surface area contributed by atoms with Crippen molar-refractivity contribution in [1.82, 2.24) is 14.1 Å². The normalized spacial score (nSPS) is 22.4. The molecular formula is C27H23N5. The molecule has 4 heterocycles. The molecule has 2 aliphatic heterocycles. The van der Waals surface area contributed by atoms with Crippen LogP contribution in [0.2, 0.25) is 0 Å². The molecule has 5 heteroatoms. The second-order valence-corrected chi connectivity index (χ2v) is 9.46. The zero-order chi connectivity index (χ0) is 21.4. The van der Waals surface area contributed by atoms with Gasteiger partial charge in [0, 0.05) is 49.5 Å². The summed E-state index contributed by atoms with van der Waals surface area (Å²) in [6, 6.07) is 19.1. The number of imidazole rings is 1.